The topological polar surface area (TPSA) is 26.3 Å². The molecule has 0 radical (unpaired) electrons. The van der Waals surface area contributed by atoms with Gasteiger partial charge in [0.25, 0.3) is 0 Å². The van der Waals surface area contributed by atoms with Crippen molar-refractivity contribution in [2.24, 2.45) is 5.92 Å². The maximum atomic E-state index is 13.5. The number of hydrogen-bond donors (Lipinski definition) is 0. The second-order valence-electron chi connectivity index (χ2n) is 5.96. The SMILES string of the molecule is CCOC1(C(=O)c2cc(C)cc(F)c2)CCC(C)CC1. The lowest BCUT2D eigenvalue weighted by molar-refractivity contribution is -0.0474. The summed E-state index contributed by atoms with van der Waals surface area (Å²) in [6.45, 7) is 6.42. The number of benzene rings is 1. The summed E-state index contributed by atoms with van der Waals surface area (Å²) < 4.78 is 19.4. The molecule has 0 bridgehead atoms. The van der Waals surface area contributed by atoms with Crippen LogP contribution in [0.15, 0.2) is 18.2 Å². The van der Waals surface area contributed by atoms with Crippen molar-refractivity contribution in [1.82, 2.24) is 0 Å². The van der Waals surface area contributed by atoms with E-state index >= 15 is 0 Å². The van der Waals surface area contributed by atoms with E-state index < -0.39 is 5.60 Å². The Balaban J connectivity index is 2.31. The summed E-state index contributed by atoms with van der Waals surface area (Å²) in [6, 6.07) is 4.52. The van der Waals surface area contributed by atoms with E-state index in [9.17, 15) is 9.18 Å². The van der Waals surface area contributed by atoms with Gasteiger partial charge in [-0.2, -0.15) is 0 Å². The van der Waals surface area contributed by atoms with Gasteiger partial charge in [-0.15, -0.1) is 0 Å². The number of carbonyl (C=O) groups excluding carboxylic acids is 1. The smallest absolute Gasteiger partial charge is 0.194 e. The molecule has 0 unspecified atom stereocenters. The fourth-order valence-corrected chi connectivity index (χ4v) is 3.07. The van der Waals surface area contributed by atoms with Gasteiger partial charge in [-0.05, 0) is 69.2 Å². The third kappa shape index (κ3) is 3.09. The summed E-state index contributed by atoms with van der Waals surface area (Å²) in [5.41, 5.74) is 0.455. The van der Waals surface area contributed by atoms with Crippen LogP contribution in [-0.4, -0.2) is 18.0 Å². The molecule has 0 aliphatic heterocycles. The molecule has 1 aromatic rings. The highest BCUT2D eigenvalue weighted by Crippen LogP contribution is 2.37. The third-order valence-corrected chi connectivity index (χ3v) is 4.22. The highest BCUT2D eigenvalue weighted by molar-refractivity contribution is 6.02. The van der Waals surface area contributed by atoms with Crippen molar-refractivity contribution >= 4 is 5.78 Å². The van der Waals surface area contributed by atoms with Gasteiger partial charge in [0.15, 0.2) is 5.78 Å². The summed E-state index contributed by atoms with van der Waals surface area (Å²) in [7, 11) is 0. The molecule has 20 heavy (non-hydrogen) atoms. The highest BCUT2D eigenvalue weighted by atomic mass is 19.1. The zero-order valence-corrected chi connectivity index (χ0v) is 12.5. The van der Waals surface area contributed by atoms with E-state index in [0.29, 0.717) is 18.1 Å². The first-order valence-corrected chi connectivity index (χ1v) is 7.43. The second kappa shape index (κ2) is 6.04. The lowest BCUT2D eigenvalue weighted by atomic mass is 9.75. The first-order valence-electron chi connectivity index (χ1n) is 7.43. The number of Topliss-reactive ketones (excluding diaryl/α,β-unsaturated/α-hetero) is 1. The second-order valence-corrected chi connectivity index (χ2v) is 5.96. The van der Waals surface area contributed by atoms with Crippen LogP contribution < -0.4 is 0 Å². The molecule has 0 saturated heterocycles. The van der Waals surface area contributed by atoms with Crippen molar-refractivity contribution in [2.45, 2.75) is 52.1 Å². The molecule has 0 amide bonds. The highest BCUT2D eigenvalue weighted by Gasteiger charge is 2.42. The molecular formula is C17H23FO2. The van der Waals surface area contributed by atoms with Crippen molar-refractivity contribution in [3.8, 4) is 0 Å². The Kier molecular flexibility index (Phi) is 4.59. The zero-order chi connectivity index (χ0) is 14.8. The molecular weight excluding hydrogens is 255 g/mol. The fraction of sp³-hybridized carbons (Fsp3) is 0.588. The number of ketones is 1. The van der Waals surface area contributed by atoms with Crippen LogP contribution >= 0.6 is 0 Å². The van der Waals surface area contributed by atoms with E-state index in [1.807, 2.05) is 6.92 Å². The van der Waals surface area contributed by atoms with Crippen molar-refractivity contribution in [1.29, 1.82) is 0 Å². The predicted molar refractivity (Wildman–Crippen MR) is 77.5 cm³/mol. The standard InChI is InChI=1S/C17H23FO2/c1-4-20-17(7-5-12(2)6-8-17)16(19)14-9-13(3)10-15(18)11-14/h9-12H,4-8H2,1-3H3. The van der Waals surface area contributed by atoms with Gasteiger partial charge in [-0.25, -0.2) is 4.39 Å². The zero-order valence-electron chi connectivity index (χ0n) is 12.5. The molecule has 3 heteroatoms. The first kappa shape index (κ1) is 15.2. The molecule has 0 N–H and O–H groups in total. The van der Waals surface area contributed by atoms with E-state index in [-0.39, 0.29) is 11.6 Å². The Morgan fingerprint density at radius 1 is 1.35 bits per heavy atom. The number of carbonyl (C=O) groups is 1. The molecule has 1 aromatic carbocycles. The van der Waals surface area contributed by atoms with Gasteiger partial charge in [-0.1, -0.05) is 6.92 Å². The lowest BCUT2D eigenvalue weighted by Crippen LogP contribution is -2.44. The molecule has 1 saturated carbocycles. The van der Waals surface area contributed by atoms with E-state index in [1.165, 1.54) is 12.1 Å². The predicted octanol–water partition coefficient (Wildman–Crippen LogP) is 4.30. The van der Waals surface area contributed by atoms with E-state index in [2.05, 4.69) is 6.92 Å². The summed E-state index contributed by atoms with van der Waals surface area (Å²) in [4.78, 5) is 12.8. The minimum atomic E-state index is -0.749. The number of hydrogen-bond acceptors (Lipinski definition) is 2. The van der Waals surface area contributed by atoms with Gasteiger partial charge in [0.1, 0.15) is 11.4 Å². The molecule has 2 nitrogen and oxygen atoms in total. The van der Waals surface area contributed by atoms with Crippen LogP contribution in [0.1, 0.15) is 55.5 Å². The summed E-state index contributed by atoms with van der Waals surface area (Å²) in [5, 5.41) is 0. The lowest BCUT2D eigenvalue weighted by Gasteiger charge is -2.37. The minimum Gasteiger partial charge on any atom is -0.367 e. The van der Waals surface area contributed by atoms with Gasteiger partial charge in [0, 0.05) is 12.2 Å². The monoisotopic (exact) mass is 278 g/mol. The van der Waals surface area contributed by atoms with Crippen LogP contribution in [0.4, 0.5) is 4.39 Å². The first-order chi connectivity index (χ1) is 9.47. The van der Waals surface area contributed by atoms with Crippen molar-refractivity contribution in [3.63, 3.8) is 0 Å². The summed E-state index contributed by atoms with van der Waals surface area (Å²) >= 11 is 0. The van der Waals surface area contributed by atoms with Gasteiger partial charge in [0.05, 0.1) is 0 Å². The van der Waals surface area contributed by atoms with Crippen LogP contribution in [0.3, 0.4) is 0 Å². The Morgan fingerprint density at radius 3 is 2.55 bits per heavy atom. The maximum absolute atomic E-state index is 13.5. The number of halogens is 1. The van der Waals surface area contributed by atoms with Gasteiger partial charge in [0.2, 0.25) is 0 Å². The number of rotatable bonds is 4. The molecule has 0 atom stereocenters. The van der Waals surface area contributed by atoms with Gasteiger partial charge < -0.3 is 4.74 Å². The van der Waals surface area contributed by atoms with Crippen molar-refractivity contribution in [3.05, 3.63) is 35.1 Å². The number of aryl methyl sites for hydroxylation is 1. The Hall–Kier alpha value is -1.22. The van der Waals surface area contributed by atoms with Gasteiger partial charge in [-0.3, -0.25) is 4.79 Å². The molecule has 1 fully saturated rings. The molecule has 0 aromatic heterocycles. The third-order valence-electron chi connectivity index (χ3n) is 4.22. The van der Waals surface area contributed by atoms with Crippen molar-refractivity contribution < 1.29 is 13.9 Å². The quantitative estimate of drug-likeness (QED) is 0.767. The Bertz CT molecular complexity index is 468. The normalized spacial score (nSPS) is 26.5. The molecule has 110 valence electrons. The van der Waals surface area contributed by atoms with Crippen LogP contribution in [0, 0.1) is 18.7 Å². The van der Waals surface area contributed by atoms with Crippen LogP contribution in [0.25, 0.3) is 0 Å². The fourth-order valence-electron chi connectivity index (χ4n) is 3.07. The maximum Gasteiger partial charge on any atom is 0.194 e. The largest absolute Gasteiger partial charge is 0.367 e. The van der Waals surface area contributed by atoms with E-state index in [0.717, 1.165) is 31.2 Å². The molecule has 0 heterocycles. The van der Waals surface area contributed by atoms with Crippen molar-refractivity contribution in [2.75, 3.05) is 6.61 Å². The average molecular weight is 278 g/mol. The average Bonchev–Trinajstić information content (AvgIpc) is 2.40. The van der Waals surface area contributed by atoms with E-state index in [4.69, 9.17) is 4.74 Å². The number of ether oxygens (including phenoxy) is 1. The molecule has 1 aliphatic carbocycles. The Morgan fingerprint density at radius 2 is 2.00 bits per heavy atom. The van der Waals surface area contributed by atoms with Crippen LogP contribution in [0.2, 0.25) is 0 Å². The molecule has 2 rings (SSSR count). The van der Waals surface area contributed by atoms with Gasteiger partial charge >= 0.3 is 0 Å². The van der Waals surface area contributed by atoms with E-state index in [1.54, 1.807) is 13.0 Å². The van der Waals surface area contributed by atoms with Crippen LogP contribution in [0.5, 0.6) is 0 Å². The minimum absolute atomic E-state index is 0.0612. The summed E-state index contributed by atoms with van der Waals surface area (Å²) in [6.07, 6.45) is 3.44. The van der Waals surface area contributed by atoms with Crippen LogP contribution in [-0.2, 0) is 4.74 Å². The summed E-state index contributed by atoms with van der Waals surface area (Å²) in [5.74, 6) is 0.212. The molecule has 0 spiro atoms. The Labute approximate surface area is 120 Å². The molecule has 1 aliphatic rings.